The zero-order chi connectivity index (χ0) is 5.41. The SMILES string of the molecule is O=CO.O=CO.[K+]. The fourth-order valence-corrected chi connectivity index (χ4v) is 0. The molecule has 0 aliphatic carbocycles. The van der Waals surface area contributed by atoms with E-state index in [9.17, 15) is 0 Å². The standard InChI is InChI=1S/2CH2O2.K/c2*2-1-3;/h2*1H,(H,2,3);/q;;+1. The Hall–Kier alpha value is 0.576. The Morgan fingerprint density at radius 1 is 1.00 bits per heavy atom. The van der Waals surface area contributed by atoms with E-state index in [0.29, 0.717) is 0 Å². The van der Waals surface area contributed by atoms with Gasteiger partial charge < -0.3 is 10.2 Å². The van der Waals surface area contributed by atoms with E-state index >= 15 is 0 Å². The van der Waals surface area contributed by atoms with Crippen molar-refractivity contribution < 1.29 is 71.2 Å². The van der Waals surface area contributed by atoms with Gasteiger partial charge in [-0.2, -0.15) is 0 Å². The second-order valence-corrected chi connectivity index (χ2v) is 0.211. The molecule has 36 valence electrons. The fraction of sp³-hybridized carbons (Fsp3) is 0. The zero-order valence-corrected chi connectivity index (χ0v) is 6.99. The van der Waals surface area contributed by atoms with Crippen LogP contribution in [0.2, 0.25) is 0 Å². The van der Waals surface area contributed by atoms with E-state index in [0.717, 1.165) is 0 Å². The van der Waals surface area contributed by atoms with Crippen molar-refractivity contribution in [2.75, 3.05) is 0 Å². The van der Waals surface area contributed by atoms with Crippen molar-refractivity contribution in [2.24, 2.45) is 0 Å². The predicted octanol–water partition coefficient (Wildman–Crippen LogP) is -3.59. The molecule has 0 saturated heterocycles. The average Bonchev–Trinajstić information content (AvgIpc) is 1.39. The minimum atomic E-state index is -0.250. The maximum absolute atomic E-state index is 8.36. The van der Waals surface area contributed by atoms with E-state index < -0.39 is 0 Å². The second-order valence-electron chi connectivity index (χ2n) is 0.211. The molecule has 0 unspecified atom stereocenters. The van der Waals surface area contributed by atoms with E-state index in [2.05, 4.69) is 0 Å². The van der Waals surface area contributed by atoms with E-state index in [4.69, 9.17) is 19.8 Å². The number of hydrogen-bond donors (Lipinski definition) is 2. The first-order valence-electron chi connectivity index (χ1n) is 0.988. The topological polar surface area (TPSA) is 74.6 Å². The van der Waals surface area contributed by atoms with Gasteiger partial charge in [0.1, 0.15) is 0 Å². The maximum atomic E-state index is 8.36. The Balaban J connectivity index is -0.0000000400. The smallest absolute Gasteiger partial charge is 0.483 e. The van der Waals surface area contributed by atoms with E-state index in [-0.39, 0.29) is 64.3 Å². The zero-order valence-electron chi connectivity index (χ0n) is 3.87. The van der Waals surface area contributed by atoms with Crippen molar-refractivity contribution in [1.29, 1.82) is 0 Å². The molecular formula is C2H4KO4+. The quantitative estimate of drug-likeness (QED) is 0.263. The van der Waals surface area contributed by atoms with Crippen LogP contribution in [0.5, 0.6) is 0 Å². The van der Waals surface area contributed by atoms with Crippen molar-refractivity contribution in [3.8, 4) is 0 Å². The minimum absolute atomic E-state index is 0. The molecule has 4 nitrogen and oxygen atoms in total. The van der Waals surface area contributed by atoms with Crippen molar-refractivity contribution >= 4 is 12.9 Å². The molecule has 7 heavy (non-hydrogen) atoms. The summed E-state index contributed by atoms with van der Waals surface area (Å²) in [5, 5.41) is 13.8. The van der Waals surface area contributed by atoms with Crippen LogP contribution < -0.4 is 51.4 Å². The van der Waals surface area contributed by atoms with Crippen LogP contribution in [0.1, 0.15) is 0 Å². The molecule has 5 heteroatoms. The molecule has 0 aromatic rings. The van der Waals surface area contributed by atoms with Crippen molar-refractivity contribution in [3.63, 3.8) is 0 Å². The normalized spacial score (nSPS) is 3.43. The van der Waals surface area contributed by atoms with Crippen LogP contribution in [-0.2, 0) is 9.59 Å². The molecule has 2 N–H and O–H groups in total. The summed E-state index contributed by atoms with van der Waals surface area (Å²) in [6.45, 7) is -0.500. The van der Waals surface area contributed by atoms with Gasteiger partial charge in [-0.25, -0.2) is 0 Å². The average molecular weight is 131 g/mol. The Bertz CT molecular complexity index is 30.7. The minimum Gasteiger partial charge on any atom is -0.483 e. The van der Waals surface area contributed by atoms with Gasteiger partial charge in [-0.05, 0) is 0 Å². The van der Waals surface area contributed by atoms with Gasteiger partial charge in [-0.1, -0.05) is 0 Å². The van der Waals surface area contributed by atoms with Crippen LogP contribution in [0.3, 0.4) is 0 Å². The van der Waals surface area contributed by atoms with Crippen LogP contribution in [-0.4, -0.2) is 23.2 Å². The van der Waals surface area contributed by atoms with Crippen molar-refractivity contribution in [2.45, 2.75) is 0 Å². The third-order valence-electron chi connectivity index (χ3n) is 0. The molecule has 0 aromatic carbocycles. The molecule has 0 rings (SSSR count). The van der Waals surface area contributed by atoms with Crippen LogP contribution >= 0.6 is 0 Å². The summed E-state index contributed by atoms with van der Waals surface area (Å²) in [5.74, 6) is 0. The summed E-state index contributed by atoms with van der Waals surface area (Å²) in [6, 6.07) is 0. The first kappa shape index (κ1) is 15.6. The summed E-state index contributed by atoms with van der Waals surface area (Å²) in [5.41, 5.74) is 0. The molecule has 0 saturated carbocycles. The Morgan fingerprint density at radius 2 is 1.00 bits per heavy atom. The third-order valence-corrected chi connectivity index (χ3v) is 0. The van der Waals surface area contributed by atoms with Gasteiger partial charge >= 0.3 is 51.4 Å². The number of carboxylic acid groups (broad SMARTS) is 2. The van der Waals surface area contributed by atoms with Gasteiger partial charge in [-0.15, -0.1) is 0 Å². The third kappa shape index (κ3) is 415. The molecule has 0 bridgehead atoms. The summed E-state index contributed by atoms with van der Waals surface area (Å²) in [4.78, 5) is 16.7. The molecule has 0 aromatic heterocycles. The first-order valence-corrected chi connectivity index (χ1v) is 0.988. The van der Waals surface area contributed by atoms with Crippen LogP contribution in [0.15, 0.2) is 0 Å². The van der Waals surface area contributed by atoms with Gasteiger partial charge in [0.25, 0.3) is 12.9 Å². The molecule has 0 radical (unpaired) electrons. The maximum Gasteiger partial charge on any atom is 1.00 e. The molecule has 0 atom stereocenters. The summed E-state index contributed by atoms with van der Waals surface area (Å²) in [6.07, 6.45) is 0. The van der Waals surface area contributed by atoms with Gasteiger partial charge in [0.2, 0.25) is 0 Å². The Labute approximate surface area is 82.9 Å². The van der Waals surface area contributed by atoms with Gasteiger partial charge in [0, 0.05) is 0 Å². The van der Waals surface area contributed by atoms with Gasteiger partial charge in [0.15, 0.2) is 0 Å². The first-order chi connectivity index (χ1) is 2.83. The predicted molar refractivity (Wildman–Crippen MR) is 17.4 cm³/mol. The van der Waals surface area contributed by atoms with E-state index in [1.165, 1.54) is 0 Å². The molecular weight excluding hydrogens is 127 g/mol. The van der Waals surface area contributed by atoms with Crippen LogP contribution in [0, 0.1) is 0 Å². The van der Waals surface area contributed by atoms with Gasteiger partial charge in [0.05, 0.1) is 0 Å². The number of carbonyl (C=O) groups is 2. The molecule has 0 amide bonds. The molecule has 0 aliphatic rings. The van der Waals surface area contributed by atoms with Gasteiger partial charge in [-0.3, -0.25) is 9.59 Å². The number of rotatable bonds is 0. The Morgan fingerprint density at radius 3 is 1.00 bits per heavy atom. The second kappa shape index (κ2) is 30.8. The fourth-order valence-electron chi connectivity index (χ4n) is 0. The molecule has 0 spiro atoms. The van der Waals surface area contributed by atoms with Crippen molar-refractivity contribution in [3.05, 3.63) is 0 Å². The van der Waals surface area contributed by atoms with Crippen molar-refractivity contribution in [1.82, 2.24) is 0 Å². The van der Waals surface area contributed by atoms with E-state index in [1.54, 1.807) is 0 Å². The monoisotopic (exact) mass is 131 g/mol. The Kier molecular flexibility index (Phi) is 68.9. The van der Waals surface area contributed by atoms with Crippen LogP contribution in [0.25, 0.3) is 0 Å². The summed E-state index contributed by atoms with van der Waals surface area (Å²) >= 11 is 0. The largest absolute Gasteiger partial charge is 1.00 e. The molecule has 0 aliphatic heterocycles. The molecule has 0 heterocycles. The van der Waals surface area contributed by atoms with Crippen LogP contribution in [0.4, 0.5) is 0 Å². The molecule has 0 fully saturated rings. The summed E-state index contributed by atoms with van der Waals surface area (Å²) in [7, 11) is 0. The number of hydrogen-bond acceptors (Lipinski definition) is 2. The van der Waals surface area contributed by atoms with E-state index in [1.807, 2.05) is 0 Å². The summed E-state index contributed by atoms with van der Waals surface area (Å²) < 4.78 is 0.